The standard InChI is InChI=1S/C26H18N4O3/c27-21-13-7-12-20-23(21)26(33)30(25(20)32)22(31)15-14-18-16-29(19-10-5-2-6-11-19)28-24(18)17-8-3-1-4-9-17/h1-16H,27H2/b15-14-. The fourth-order valence-corrected chi connectivity index (χ4v) is 3.79. The van der Waals surface area contributed by atoms with Crippen molar-refractivity contribution in [2.24, 2.45) is 0 Å². The molecule has 0 aliphatic carbocycles. The molecule has 33 heavy (non-hydrogen) atoms. The number of aromatic nitrogens is 2. The van der Waals surface area contributed by atoms with Crippen molar-refractivity contribution in [1.82, 2.24) is 14.7 Å². The average Bonchev–Trinajstić information content (AvgIpc) is 3.38. The molecule has 0 spiro atoms. The molecular weight excluding hydrogens is 416 g/mol. The summed E-state index contributed by atoms with van der Waals surface area (Å²) in [4.78, 5) is 38.9. The first-order valence-electron chi connectivity index (χ1n) is 10.2. The third kappa shape index (κ3) is 3.51. The van der Waals surface area contributed by atoms with Crippen LogP contribution in [0.15, 0.2) is 91.1 Å². The molecule has 0 atom stereocenters. The molecule has 0 unspecified atom stereocenters. The highest BCUT2D eigenvalue weighted by molar-refractivity contribution is 6.32. The van der Waals surface area contributed by atoms with Gasteiger partial charge >= 0.3 is 0 Å². The van der Waals surface area contributed by atoms with Crippen LogP contribution in [0.1, 0.15) is 26.3 Å². The summed E-state index contributed by atoms with van der Waals surface area (Å²) >= 11 is 0. The fraction of sp³-hybridized carbons (Fsp3) is 0. The maximum atomic E-state index is 12.9. The van der Waals surface area contributed by atoms with Crippen molar-refractivity contribution in [2.75, 3.05) is 5.73 Å². The van der Waals surface area contributed by atoms with Crippen molar-refractivity contribution in [3.05, 3.63) is 108 Å². The van der Waals surface area contributed by atoms with E-state index in [9.17, 15) is 14.4 Å². The van der Waals surface area contributed by atoms with Gasteiger partial charge in [0.15, 0.2) is 0 Å². The van der Waals surface area contributed by atoms with E-state index in [1.165, 1.54) is 18.2 Å². The van der Waals surface area contributed by atoms with E-state index in [0.29, 0.717) is 16.2 Å². The molecular formula is C26H18N4O3. The lowest BCUT2D eigenvalue weighted by atomic mass is 10.1. The zero-order chi connectivity index (χ0) is 22.9. The summed E-state index contributed by atoms with van der Waals surface area (Å²) in [5.41, 5.74) is 9.26. The van der Waals surface area contributed by atoms with Crippen LogP contribution in [0.25, 0.3) is 23.0 Å². The van der Waals surface area contributed by atoms with Gasteiger partial charge in [-0.3, -0.25) is 14.4 Å². The molecule has 1 aromatic heterocycles. The highest BCUT2D eigenvalue weighted by atomic mass is 16.2. The first kappa shape index (κ1) is 20.1. The van der Waals surface area contributed by atoms with E-state index in [1.54, 1.807) is 23.0 Å². The van der Waals surface area contributed by atoms with Crippen molar-refractivity contribution in [1.29, 1.82) is 0 Å². The van der Waals surface area contributed by atoms with Crippen LogP contribution in [0.5, 0.6) is 0 Å². The zero-order valence-corrected chi connectivity index (χ0v) is 17.4. The predicted molar refractivity (Wildman–Crippen MR) is 124 cm³/mol. The number of rotatable bonds is 4. The van der Waals surface area contributed by atoms with Gasteiger partial charge in [0, 0.05) is 29.1 Å². The first-order valence-corrected chi connectivity index (χ1v) is 10.2. The molecule has 0 bridgehead atoms. The van der Waals surface area contributed by atoms with Gasteiger partial charge in [-0.25, -0.2) is 9.58 Å². The molecule has 0 fully saturated rings. The number of imide groups is 3. The summed E-state index contributed by atoms with van der Waals surface area (Å²) in [6.45, 7) is 0. The van der Waals surface area contributed by atoms with E-state index in [1.807, 2.05) is 60.7 Å². The number of anilines is 1. The van der Waals surface area contributed by atoms with Gasteiger partial charge in [0.05, 0.1) is 22.5 Å². The van der Waals surface area contributed by atoms with Crippen LogP contribution in [0.2, 0.25) is 0 Å². The van der Waals surface area contributed by atoms with Gasteiger partial charge in [-0.05, 0) is 30.3 Å². The van der Waals surface area contributed by atoms with Gasteiger partial charge in [-0.1, -0.05) is 54.6 Å². The number of fused-ring (bicyclic) bond motifs is 1. The minimum absolute atomic E-state index is 0.0612. The number of nitrogens with two attached hydrogens (primary N) is 1. The quantitative estimate of drug-likeness (QED) is 0.298. The molecule has 1 aliphatic rings. The molecule has 3 amide bonds. The maximum absolute atomic E-state index is 12.9. The molecule has 160 valence electrons. The van der Waals surface area contributed by atoms with Crippen molar-refractivity contribution < 1.29 is 14.4 Å². The molecule has 5 rings (SSSR count). The van der Waals surface area contributed by atoms with Crippen LogP contribution in [0.3, 0.4) is 0 Å². The summed E-state index contributed by atoms with van der Waals surface area (Å²) in [5.74, 6) is -2.14. The molecule has 4 aromatic rings. The zero-order valence-electron chi connectivity index (χ0n) is 17.4. The molecule has 2 heterocycles. The number of carbonyl (C=O) groups is 3. The number of benzene rings is 3. The van der Waals surface area contributed by atoms with Crippen LogP contribution in [-0.4, -0.2) is 32.4 Å². The molecule has 7 heteroatoms. The van der Waals surface area contributed by atoms with E-state index < -0.39 is 17.7 Å². The molecule has 7 nitrogen and oxygen atoms in total. The second-order valence-corrected chi connectivity index (χ2v) is 7.47. The van der Waals surface area contributed by atoms with Crippen molar-refractivity contribution >= 4 is 29.5 Å². The monoisotopic (exact) mass is 434 g/mol. The lowest BCUT2D eigenvalue weighted by Crippen LogP contribution is -2.34. The van der Waals surface area contributed by atoms with Gasteiger partial charge < -0.3 is 5.73 Å². The smallest absolute Gasteiger partial charge is 0.270 e. The molecule has 0 saturated carbocycles. The molecule has 0 saturated heterocycles. The lowest BCUT2D eigenvalue weighted by molar-refractivity contribution is -0.121. The SMILES string of the molecule is Nc1cccc2c1C(=O)N(C(=O)/C=C\c1cn(-c3ccccc3)nc1-c1ccccc1)C2=O. The Labute approximate surface area is 189 Å². The second kappa shape index (κ2) is 8.05. The predicted octanol–water partition coefficient (Wildman–Crippen LogP) is 3.96. The Bertz CT molecular complexity index is 1420. The molecule has 2 N–H and O–H groups in total. The highest BCUT2D eigenvalue weighted by Crippen LogP contribution is 2.29. The summed E-state index contributed by atoms with van der Waals surface area (Å²) < 4.78 is 1.72. The number of para-hydroxylation sites is 1. The number of carbonyl (C=O) groups excluding carboxylic acids is 3. The van der Waals surface area contributed by atoms with Crippen LogP contribution < -0.4 is 5.73 Å². The Morgan fingerprint density at radius 2 is 1.55 bits per heavy atom. The van der Waals surface area contributed by atoms with Crippen molar-refractivity contribution in [2.45, 2.75) is 0 Å². The Morgan fingerprint density at radius 3 is 2.24 bits per heavy atom. The fourth-order valence-electron chi connectivity index (χ4n) is 3.79. The van der Waals surface area contributed by atoms with Crippen molar-refractivity contribution in [3.63, 3.8) is 0 Å². The highest BCUT2D eigenvalue weighted by Gasteiger charge is 2.40. The average molecular weight is 434 g/mol. The van der Waals surface area contributed by atoms with Crippen LogP contribution in [0.4, 0.5) is 5.69 Å². The Balaban J connectivity index is 1.50. The summed E-state index contributed by atoms with van der Waals surface area (Å²) in [6.07, 6.45) is 4.56. The van der Waals surface area contributed by atoms with Crippen molar-refractivity contribution in [3.8, 4) is 16.9 Å². The van der Waals surface area contributed by atoms with Gasteiger partial charge in [0.2, 0.25) is 0 Å². The third-order valence-corrected chi connectivity index (χ3v) is 5.38. The Morgan fingerprint density at radius 1 is 0.848 bits per heavy atom. The maximum Gasteiger partial charge on any atom is 0.270 e. The molecule has 0 radical (unpaired) electrons. The summed E-state index contributed by atoms with van der Waals surface area (Å²) in [6, 6.07) is 23.7. The normalized spacial score (nSPS) is 13.0. The Kier molecular flexibility index (Phi) is 4.91. The van der Waals surface area contributed by atoms with E-state index >= 15 is 0 Å². The van der Waals surface area contributed by atoms with Gasteiger partial charge in [0.1, 0.15) is 0 Å². The number of nitrogen functional groups attached to an aromatic ring is 1. The summed E-state index contributed by atoms with van der Waals surface area (Å²) in [7, 11) is 0. The van der Waals surface area contributed by atoms with Gasteiger partial charge in [-0.15, -0.1) is 0 Å². The number of amides is 3. The number of hydrogen-bond acceptors (Lipinski definition) is 5. The molecule has 3 aromatic carbocycles. The van der Waals surface area contributed by atoms with Crippen LogP contribution in [-0.2, 0) is 4.79 Å². The van der Waals surface area contributed by atoms with E-state index in [0.717, 1.165) is 11.3 Å². The summed E-state index contributed by atoms with van der Waals surface area (Å²) in [5, 5.41) is 4.69. The minimum Gasteiger partial charge on any atom is -0.398 e. The van der Waals surface area contributed by atoms with Crippen LogP contribution >= 0.6 is 0 Å². The van der Waals surface area contributed by atoms with Crippen LogP contribution in [0, 0.1) is 0 Å². The largest absolute Gasteiger partial charge is 0.398 e. The molecule has 1 aliphatic heterocycles. The topological polar surface area (TPSA) is 98.3 Å². The Hall–Kier alpha value is -4.78. The number of nitrogens with zero attached hydrogens (tertiary/aromatic N) is 3. The number of hydrogen-bond donors (Lipinski definition) is 1. The third-order valence-electron chi connectivity index (χ3n) is 5.38. The first-order chi connectivity index (χ1) is 16.0. The minimum atomic E-state index is -0.743. The van der Waals surface area contributed by atoms with E-state index in [2.05, 4.69) is 0 Å². The van der Waals surface area contributed by atoms with E-state index in [4.69, 9.17) is 10.8 Å². The second-order valence-electron chi connectivity index (χ2n) is 7.47. The lowest BCUT2D eigenvalue weighted by Gasteiger charge is -2.08. The van der Waals surface area contributed by atoms with E-state index in [-0.39, 0.29) is 16.8 Å². The van der Waals surface area contributed by atoms with Gasteiger partial charge in [0.25, 0.3) is 17.7 Å². The van der Waals surface area contributed by atoms with Gasteiger partial charge in [-0.2, -0.15) is 5.10 Å².